The Hall–Kier alpha value is -2.10. The first kappa shape index (κ1) is 13.9. The van der Waals surface area contributed by atoms with Crippen molar-refractivity contribution in [3.8, 4) is 0 Å². The molecule has 0 radical (unpaired) electrons. The second kappa shape index (κ2) is 5.72. The maximum Gasteiger partial charge on any atom is 0.227 e. The van der Waals surface area contributed by atoms with Crippen LogP contribution < -0.4 is 0 Å². The summed E-state index contributed by atoms with van der Waals surface area (Å²) >= 11 is 0. The molecule has 1 saturated heterocycles. The van der Waals surface area contributed by atoms with Crippen molar-refractivity contribution in [2.75, 3.05) is 6.54 Å². The van der Waals surface area contributed by atoms with Crippen molar-refractivity contribution >= 4 is 5.91 Å². The minimum Gasteiger partial charge on any atom is -0.359 e. The molecular weight excluding hydrogens is 264 g/mol. The van der Waals surface area contributed by atoms with Gasteiger partial charge < -0.3 is 9.42 Å². The topological polar surface area (TPSA) is 46.3 Å². The van der Waals surface area contributed by atoms with Crippen LogP contribution in [0.1, 0.15) is 41.5 Å². The third-order valence-corrected chi connectivity index (χ3v) is 4.02. The molecule has 3 rings (SSSR count). The van der Waals surface area contributed by atoms with Crippen LogP contribution in [0.25, 0.3) is 0 Å². The molecule has 0 bridgehead atoms. The van der Waals surface area contributed by atoms with E-state index in [1.165, 1.54) is 5.56 Å². The summed E-state index contributed by atoms with van der Waals surface area (Å²) < 4.78 is 5.35. The molecule has 0 aliphatic carbocycles. The van der Waals surface area contributed by atoms with Gasteiger partial charge in [0.15, 0.2) is 5.76 Å². The molecule has 1 aromatic carbocycles. The Morgan fingerprint density at radius 1 is 1.33 bits per heavy atom. The number of aryl methyl sites for hydroxylation is 2. The number of carbonyl (C=O) groups excluding carboxylic acids is 1. The van der Waals surface area contributed by atoms with Gasteiger partial charge in [-0.05, 0) is 32.3 Å². The predicted octanol–water partition coefficient (Wildman–Crippen LogP) is 3.20. The van der Waals surface area contributed by atoms with Crippen LogP contribution in [0.3, 0.4) is 0 Å². The van der Waals surface area contributed by atoms with Crippen molar-refractivity contribution < 1.29 is 9.32 Å². The smallest absolute Gasteiger partial charge is 0.227 e. The highest BCUT2D eigenvalue weighted by molar-refractivity contribution is 5.79. The number of benzene rings is 1. The lowest BCUT2D eigenvalue weighted by Gasteiger charge is -2.22. The largest absolute Gasteiger partial charge is 0.359 e. The fourth-order valence-corrected chi connectivity index (χ4v) is 2.88. The van der Waals surface area contributed by atoms with Crippen LogP contribution in [-0.2, 0) is 11.2 Å². The third-order valence-electron chi connectivity index (χ3n) is 4.02. The highest BCUT2D eigenvalue weighted by atomic mass is 16.5. The van der Waals surface area contributed by atoms with Gasteiger partial charge in [0, 0.05) is 12.6 Å². The van der Waals surface area contributed by atoms with E-state index in [0.717, 1.165) is 36.4 Å². The molecule has 0 spiro atoms. The summed E-state index contributed by atoms with van der Waals surface area (Å²) in [6.07, 6.45) is 2.42. The highest BCUT2D eigenvalue weighted by Crippen LogP contribution is 2.32. The van der Waals surface area contributed by atoms with Gasteiger partial charge in [-0.2, -0.15) is 0 Å². The van der Waals surface area contributed by atoms with E-state index in [4.69, 9.17) is 4.52 Å². The molecule has 1 fully saturated rings. The van der Waals surface area contributed by atoms with Gasteiger partial charge in [-0.25, -0.2) is 0 Å². The average molecular weight is 284 g/mol. The van der Waals surface area contributed by atoms with Gasteiger partial charge in [-0.3, -0.25) is 4.79 Å². The lowest BCUT2D eigenvalue weighted by molar-refractivity contribution is -0.131. The summed E-state index contributed by atoms with van der Waals surface area (Å²) in [6.45, 7) is 4.75. The summed E-state index contributed by atoms with van der Waals surface area (Å²) in [5.74, 6) is 0.970. The van der Waals surface area contributed by atoms with E-state index in [9.17, 15) is 4.79 Å². The molecular formula is C17H20N2O2. The number of amides is 1. The number of hydrogen-bond acceptors (Lipinski definition) is 3. The maximum absolute atomic E-state index is 12.6. The first-order valence-electron chi connectivity index (χ1n) is 7.42. The van der Waals surface area contributed by atoms with Gasteiger partial charge in [0.25, 0.3) is 0 Å². The zero-order valence-corrected chi connectivity index (χ0v) is 12.5. The molecule has 0 saturated carbocycles. The first-order chi connectivity index (χ1) is 10.1. The van der Waals surface area contributed by atoms with Gasteiger partial charge in [-0.1, -0.05) is 35.0 Å². The number of likely N-dealkylation sites (tertiary alicyclic amines) is 1. The number of carbonyl (C=O) groups is 1. The molecule has 0 N–H and O–H groups in total. The Labute approximate surface area is 124 Å². The van der Waals surface area contributed by atoms with E-state index >= 15 is 0 Å². The molecule has 4 nitrogen and oxygen atoms in total. The van der Waals surface area contributed by atoms with Crippen molar-refractivity contribution in [1.82, 2.24) is 10.1 Å². The van der Waals surface area contributed by atoms with Gasteiger partial charge in [0.05, 0.1) is 18.2 Å². The predicted molar refractivity (Wildman–Crippen MR) is 79.8 cm³/mol. The van der Waals surface area contributed by atoms with Crippen molar-refractivity contribution in [3.05, 3.63) is 52.9 Å². The Kier molecular flexibility index (Phi) is 3.78. The van der Waals surface area contributed by atoms with Crippen LogP contribution in [0.2, 0.25) is 0 Å². The fraction of sp³-hybridized carbons (Fsp3) is 0.412. The summed E-state index contributed by atoms with van der Waals surface area (Å²) in [7, 11) is 0. The monoisotopic (exact) mass is 284 g/mol. The van der Waals surface area contributed by atoms with E-state index in [0.29, 0.717) is 6.42 Å². The van der Waals surface area contributed by atoms with Crippen LogP contribution in [0, 0.1) is 13.8 Å². The number of aromatic nitrogens is 1. The van der Waals surface area contributed by atoms with Crippen LogP contribution in [0.4, 0.5) is 0 Å². The molecule has 110 valence electrons. The second-order valence-electron chi connectivity index (χ2n) is 5.78. The van der Waals surface area contributed by atoms with Crippen molar-refractivity contribution in [2.24, 2.45) is 0 Å². The molecule has 1 amide bonds. The summed E-state index contributed by atoms with van der Waals surface area (Å²) in [5, 5.41) is 3.94. The van der Waals surface area contributed by atoms with Gasteiger partial charge in [-0.15, -0.1) is 0 Å². The molecule has 2 aromatic rings. The van der Waals surface area contributed by atoms with Crippen LogP contribution in [0.15, 0.2) is 34.9 Å². The Bertz CT molecular complexity index is 630. The SMILES string of the molecule is Cc1ccc(CC(=O)N2CCC[C@@H]2c2cc(C)no2)cc1. The standard InChI is InChI=1S/C17H20N2O2/c1-12-5-7-14(8-6-12)11-17(20)19-9-3-4-15(19)16-10-13(2)18-21-16/h5-8,10,15H,3-4,9,11H2,1-2H3/t15-/m1/s1. The van der Waals surface area contributed by atoms with Gasteiger partial charge in [0.1, 0.15) is 0 Å². The van der Waals surface area contributed by atoms with E-state index in [2.05, 4.69) is 5.16 Å². The highest BCUT2D eigenvalue weighted by Gasteiger charge is 2.32. The van der Waals surface area contributed by atoms with Gasteiger partial charge in [0.2, 0.25) is 5.91 Å². The van der Waals surface area contributed by atoms with Crippen LogP contribution in [-0.4, -0.2) is 22.5 Å². The molecule has 1 aromatic heterocycles. The molecule has 1 aliphatic heterocycles. The first-order valence-corrected chi connectivity index (χ1v) is 7.42. The lowest BCUT2D eigenvalue weighted by atomic mass is 10.1. The van der Waals surface area contributed by atoms with E-state index in [-0.39, 0.29) is 11.9 Å². The maximum atomic E-state index is 12.6. The summed E-state index contributed by atoms with van der Waals surface area (Å²) in [6, 6.07) is 10.1. The van der Waals surface area contributed by atoms with E-state index in [1.54, 1.807) is 0 Å². The van der Waals surface area contributed by atoms with E-state index < -0.39 is 0 Å². The summed E-state index contributed by atoms with van der Waals surface area (Å²) in [5.41, 5.74) is 3.13. The third kappa shape index (κ3) is 2.99. The van der Waals surface area contributed by atoms with Crippen molar-refractivity contribution in [3.63, 3.8) is 0 Å². The van der Waals surface area contributed by atoms with Crippen molar-refractivity contribution in [1.29, 1.82) is 0 Å². The molecule has 4 heteroatoms. The number of rotatable bonds is 3. The molecule has 21 heavy (non-hydrogen) atoms. The van der Waals surface area contributed by atoms with E-state index in [1.807, 2.05) is 49.1 Å². The quantitative estimate of drug-likeness (QED) is 0.869. The minimum absolute atomic E-state index is 0.0455. The minimum atomic E-state index is 0.0455. The molecule has 2 heterocycles. The number of nitrogens with zero attached hydrogens (tertiary/aromatic N) is 2. The van der Waals surface area contributed by atoms with Crippen LogP contribution in [0.5, 0.6) is 0 Å². The second-order valence-corrected chi connectivity index (χ2v) is 5.78. The Morgan fingerprint density at radius 3 is 2.76 bits per heavy atom. The Morgan fingerprint density at radius 2 is 2.10 bits per heavy atom. The zero-order chi connectivity index (χ0) is 14.8. The molecule has 1 atom stereocenters. The molecule has 1 aliphatic rings. The average Bonchev–Trinajstić information content (AvgIpc) is 3.09. The normalized spacial score (nSPS) is 18.2. The zero-order valence-electron chi connectivity index (χ0n) is 12.5. The molecule has 0 unspecified atom stereocenters. The van der Waals surface area contributed by atoms with Gasteiger partial charge >= 0.3 is 0 Å². The summed E-state index contributed by atoms with van der Waals surface area (Å²) in [4.78, 5) is 14.5. The Balaban J connectivity index is 1.72. The lowest BCUT2D eigenvalue weighted by Crippen LogP contribution is -2.31. The van der Waals surface area contributed by atoms with Crippen LogP contribution >= 0.6 is 0 Å². The number of hydrogen-bond donors (Lipinski definition) is 0. The van der Waals surface area contributed by atoms with Crippen molar-refractivity contribution in [2.45, 2.75) is 39.2 Å². The fourth-order valence-electron chi connectivity index (χ4n) is 2.88.